The second kappa shape index (κ2) is 11.1. The van der Waals surface area contributed by atoms with Crippen molar-refractivity contribution in [3.63, 3.8) is 0 Å². The molecule has 3 aromatic carbocycles. The quantitative estimate of drug-likeness (QED) is 0.191. The minimum absolute atomic E-state index is 0.0148. The molecule has 0 spiro atoms. The maximum Gasteiger partial charge on any atom is 0.144 e. The summed E-state index contributed by atoms with van der Waals surface area (Å²) in [7, 11) is 0. The summed E-state index contributed by atoms with van der Waals surface area (Å²) in [6, 6.07) is 31.9. The first kappa shape index (κ1) is 23.7. The van der Waals surface area contributed by atoms with Gasteiger partial charge in [-0.3, -0.25) is 0 Å². The first-order chi connectivity index (χ1) is 15.0. The van der Waals surface area contributed by atoms with Crippen molar-refractivity contribution >= 4 is 22.6 Å². The highest BCUT2D eigenvalue weighted by Crippen LogP contribution is 2.43. The summed E-state index contributed by atoms with van der Waals surface area (Å²) in [5.74, 6) is 0. The molecule has 1 nitrogen and oxygen atoms in total. The molecule has 3 rings (SSSR count). The summed E-state index contributed by atoms with van der Waals surface area (Å²) in [5, 5.41) is 0. The van der Waals surface area contributed by atoms with E-state index in [1.165, 1.54) is 12.8 Å². The molecule has 3 aromatic rings. The van der Waals surface area contributed by atoms with Gasteiger partial charge in [-0.2, -0.15) is 0 Å². The number of hydrogen-bond acceptors (Lipinski definition) is 1. The van der Waals surface area contributed by atoms with Crippen LogP contribution < -0.4 is 0 Å². The molecule has 31 heavy (non-hydrogen) atoms. The largest absolute Gasteiger partial charge is 0.353 e. The second-order valence-corrected chi connectivity index (χ2v) is 9.59. The van der Waals surface area contributed by atoms with Gasteiger partial charge in [0, 0.05) is 0 Å². The molecule has 0 saturated heterocycles. The van der Waals surface area contributed by atoms with E-state index in [1.807, 2.05) is 0 Å². The van der Waals surface area contributed by atoms with Crippen molar-refractivity contribution in [1.82, 2.24) is 0 Å². The van der Waals surface area contributed by atoms with Crippen LogP contribution in [0.1, 0.15) is 56.7 Å². The highest BCUT2D eigenvalue weighted by Gasteiger charge is 2.40. The Morgan fingerprint density at radius 1 is 0.774 bits per heavy atom. The molecule has 0 fully saturated rings. The van der Waals surface area contributed by atoms with Crippen molar-refractivity contribution in [3.8, 4) is 0 Å². The van der Waals surface area contributed by atoms with Gasteiger partial charge in [0.15, 0.2) is 0 Å². The lowest BCUT2D eigenvalue weighted by molar-refractivity contribution is -0.0421. The van der Waals surface area contributed by atoms with Crippen LogP contribution >= 0.6 is 22.6 Å². The highest BCUT2D eigenvalue weighted by molar-refractivity contribution is 14.1. The van der Waals surface area contributed by atoms with Gasteiger partial charge in [-0.05, 0) is 45.1 Å². The average Bonchev–Trinajstić information content (AvgIpc) is 2.79. The molecule has 0 aliphatic rings. The summed E-state index contributed by atoms with van der Waals surface area (Å²) in [5.41, 5.74) is 2.95. The van der Waals surface area contributed by atoms with Crippen molar-refractivity contribution in [2.45, 2.75) is 51.7 Å². The Hall–Kier alpha value is -1.91. The lowest BCUT2D eigenvalue weighted by Crippen LogP contribution is -2.38. The van der Waals surface area contributed by atoms with E-state index >= 15 is 0 Å². The van der Waals surface area contributed by atoms with Crippen LogP contribution in [0.4, 0.5) is 0 Å². The fourth-order valence-corrected chi connectivity index (χ4v) is 4.97. The fraction of sp³-hybridized carbons (Fsp3) is 0.310. The number of rotatable bonds is 10. The van der Waals surface area contributed by atoms with Crippen molar-refractivity contribution in [1.29, 1.82) is 0 Å². The molecular formula is C29H33IO. The topological polar surface area (TPSA) is 9.23 Å². The average molecular weight is 524 g/mol. The van der Waals surface area contributed by atoms with Crippen molar-refractivity contribution in [2.24, 2.45) is 5.41 Å². The zero-order valence-electron chi connectivity index (χ0n) is 18.8. The molecule has 1 atom stereocenters. The van der Waals surface area contributed by atoms with Crippen molar-refractivity contribution in [3.05, 3.63) is 118 Å². The van der Waals surface area contributed by atoms with E-state index in [9.17, 15) is 0 Å². The van der Waals surface area contributed by atoms with Gasteiger partial charge in [-0.15, -0.1) is 0 Å². The van der Waals surface area contributed by atoms with E-state index in [0.717, 1.165) is 23.1 Å². The first-order valence-corrected chi connectivity index (χ1v) is 12.4. The number of hydrogen-bond donors (Lipinski definition) is 0. The first-order valence-electron chi connectivity index (χ1n) is 11.1. The zero-order valence-corrected chi connectivity index (χ0v) is 21.0. The van der Waals surface area contributed by atoms with Gasteiger partial charge in [0.05, 0.1) is 6.10 Å². The third-order valence-corrected chi connectivity index (χ3v) is 6.25. The van der Waals surface area contributed by atoms with Gasteiger partial charge >= 0.3 is 0 Å². The summed E-state index contributed by atoms with van der Waals surface area (Å²) in [6.45, 7) is 6.96. The Morgan fingerprint density at radius 2 is 1.19 bits per heavy atom. The number of ether oxygens (including phenoxy) is 1. The van der Waals surface area contributed by atoms with Crippen LogP contribution in [0.3, 0.4) is 0 Å². The van der Waals surface area contributed by atoms with Crippen molar-refractivity contribution in [2.75, 3.05) is 0 Å². The maximum absolute atomic E-state index is 7.23. The van der Waals surface area contributed by atoms with Gasteiger partial charge in [0.1, 0.15) is 5.60 Å². The van der Waals surface area contributed by atoms with Gasteiger partial charge in [0.25, 0.3) is 0 Å². The smallest absolute Gasteiger partial charge is 0.144 e. The lowest BCUT2D eigenvalue weighted by Gasteiger charge is -2.40. The Labute approximate surface area is 201 Å². The second-order valence-electron chi connectivity index (χ2n) is 8.87. The molecule has 1 unspecified atom stereocenters. The van der Waals surface area contributed by atoms with Crippen molar-refractivity contribution < 1.29 is 4.74 Å². The van der Waals surface area contributed by atoms with E-state index in [1.54, 1.807) is 0 Å². The summed E-state index contributed by atoms with van der Waals surface area (Å²) >= 11 is 2.31. The standard InChI is InChI=1S/C29H33IO/c1-4-21-28(2,3)23-27(20-22-30)31-29(24-14-8-5-9-15-24,25-16-10-6-11-17-25)26-18-12-7-13-19-26/h5-20,22,27H,4,21,23H2,1-3H3/b22-20+. The predicted octanol–water partition coefficient (Wildman–Crippen LogP) is 8.53. The third kappa shape index (κ3) is 5.87. The Bertz CT molecular complexity index is 836. The number of benzene rings is 3. The van der Waals surface area contributed by atoms with Crippen LogP contribution in [0, 0.1) is 5.41 Å². The monoisotopic (exact) mass is 524 g/mol. The van der Waals surface area contributed by atoms with Crippen LogP contribution in [0.15, 0.2) is 101 Å². The van der Waals surface area contributed by atoms with Crippen LogP contribution in [0.5, 0.6) is 0 Å². The summed E-state index contributed by atoms with van der Waals surface area (Å²) in [4.78, 5) is 0. The van der Waals surface area contributed by atoms with Crippen LogP contribution in [-0.4, -0.2) is 6.10 Å². The van der Waals surface area contributed by atoms with Crippen LogP contribution in [0.25, 0.3) is 0 Å². The highest BCUT2D eigenvalue weighted by atomic mass is 127. The molecule has 0 aliphatic carbocycles. The van der Waals surface area contributed by atoms with E-state index in [4.69, 9.17) is 4.74 Å². The van der Waals surface area contributed by atoms with Crippen LogP contribution in [0.2, 0.25) is 0 Å². The van der Waals surface area contributed by atoms with Gasteiger partial charge in [0.2, 0.25) is 0 Å². The Morgan fingerprint density at radius 3 is 1.55 bits per heavy atom. The van der Waals surface area contributed by atoms with Gasteiger partial charge < -0.3 is 4.74 Å². The van der Waals surface area contributed by atoms with E-state index in [-0.39, 0.29) is 11.5 Å². The fourth-order valence-electron chi connectivity index (χ4n) is 4.50. The Kier molecular flexibility index (Phi) is 8.50. The molecule has 0 amide bonds. The normalized spacial score (nSPS) is 13.4. The third-order valence-electron chi connectivity index (χ3n) is 5.84. The molecule has 0 bridgehead atoms. The predicted molar refractivity (Wildman–Crippen MR) is 141 cm³/mol. The molecule has 2 heteroatoms. The lowest BCUT2D eigenvalue weighted by atomic mass is 9.78. The maximum atomic E-state index is 7.23. The van der Waals surface area contributed by atoms with E-state index in [0.29, 0.717) is 0 Å². The molecule has 0 saturated carbocycles. The number of halogens is 1. The van der Waals surface area contributed by atoms with E-state index in [2.05, 4.69) is 145 Å². The molecule has 0 heterocycles. The molecule has 0 aromatic heterocycles. The molecule has 162 valence electrons. The molecular weight excluding hydrogens is 491 g/mol. The Balaban J connectivity index is 2.19. The molecule has 0 N–H and O–H groups in total. The molecule has 0 radical (unpaired) electrons. The molecule has 0 aliphatic heterocycles. The zero-order chi connectivity index (χ0) is 22.2. The minimum atomic E-state index is -0.688. The van der Waals surface area contributed by atoms with Crippen LogP contribution in [-0.2, 0) is 10.3 Å². The van der Waals surface area contributed by atoms with Gasteiger partial charge in [-0.25, -0.2) is 0 Å². The SMILES string of the molecule is CCCC(C)(C)CC(/C=C/I)OC(c1ccccc1)(c1ccccc1)c1ccccc1. The van der Waals surface area contributed by atoms with E-state index < -0.39 is 5.60 Å². The minimum Gasteiger partial charge on any atom is -0.353 e. The summed E-state index contributed by atoms with van der Waals surface area (Å²) < 4.78 is 9.32. The van der Waals surface area contributed by atoms with Gasteiger partial charge in [-0.1, -0.05) is 141 Å². The summed E-state index contributed by atoms with van der Waals surface area (Å²) in [6.07, 6.45) is 5.51.